The van der Waals surface area contributed by atoms with Crippen molar-refractivity contribution in [3.63, 3.8) is 0 Å². The van der Waals surface area contributed by atoms with Gasteiger partial charge in [-0.2, -0.15) is 10.4 Å². The van der Waals surface area contributed by atoms with E-state index in [2.05, 4.69) is 20.5 Å². The summed E-state index contributed by atoms with van der Waals surface area (Å²) in [5, 5.41) is 18.4. The Morgan fingerprint density at radius 1 is 1.20 bits per heavy atom. The van der Waals surface area contributed by atoms with Crippen molar-refractivity contribution in [1.29, 1.82) is 5.26 Å². The van der Waals surface area contributed by atoms with Gasteiger partial charge in [0.05, 0.1) is 6.61 Å². The fourth-order valence-corrected chi connectivity index (χ4v) is 3.15. The number of nitrogens with zero attached hydrogens (tertiary/aromatic N) is 3. The highest BCUT2D eigenvalue weighted by molar-refractivity contribution is 5.85. The predicted octanol–water partition coefficient (Wildman–Crippen LogP) is 4.98. The van der Waals surface area contributed by atoms with E-state index in [4.69, 9.17) is 19.5 Å². The van der Waals surface area contributed by atoms with Crippen molar-refractivity contribution in [2.45, 2.75) is 53.2 Å². The van der Waals surface area contributed by atoms with Crippen molar-refractivity contribution in [2.75, 3.05) is 11.9 Å². The summed E-state index contributed by atoms with van der Waals surface area (Å²) in [6.07, 6.45) is 1.41. The number of aromatic nitrogens is 3. The summed E-state index contributed by atoms with van der Waals surface area (Å²) in [6.45, 7) is 9.18. The lowest BCUT2D eigenvalue weighted by atomic mass is 10.1. The van der Waals surface area contributed by atoms with Crippen LogP contribution in [0.4, 0.5) is 15.0 Å². The third-order valence-electron chi connectivity index (χ3n) is 4.84. The van der Waals surface area contributed by atoms with Gasteiger partial charge in [0.15, 0.2) is 17.3 Å². The van der Waals surface area contributed by atoms with Gasteiger partial charge in [-0.05, 0) is 64.4 Å². The molecule has 1 aromatic carbocycles. The monoisotopic (exact) mass is 481 g/mol. The van der Waals surface area contributed by atoms with Gasteiger partial charge in [0.2, 0.25) is 0 Å². The Morgan fingerprint density at radius 3 is 2.66 bits per heavy atom. The molecule has 9 nitrogen and oxygen atoms in total. The Balaban J connectivity index is 1.70. The van der Waals surface area contributed by atoms with Gasteiger partial charge >= 0.3 is 6.09 Å². The lowest BCUT2D eigenvalue weighted by Crippen LogP contribution is -2.27. The topological polar surface area (TPSA) is 122 Å². The van der Waals surface area contributed by atoms with Gasteiger partial charge in [0, 0.05) is 29.4 Å². The number of amides is 1. The highest BCUT2D eigenvalue weighted by atomic mass is 19.1. The number of rotatable bonds is 8. The molecule has 3 rings (SSSR count). The number of halogens is 1. The molecule has 2 heterocycles. The molecule has 0 bridgehead atoms. The molecule has 0 fully saturated rings. The normalized spacial score (nSPS) is 11.0. The standard InChI is InChI=1S/C25H28FN5O4/c1-15-10-22(23(28-13-15)29-24(32)35-25(3,4)5)34-14-17-11-18(26)6-7-21(17)33-9-8-19-16(2)20(12-27)31-30-19/h6-7,10-11,13H,8-9,14H2,1-5H3,(H,30,31)(H,28,29,32). The first-order chi connectivity index (χ1) is 16.6. The van der Waals surface area contributed by atoms with Crippen LogP contribution in [0.3, 0.4) is 0 Å². The van der Waals surface area contributed by atoms with Crippen LogP contribution >= 0.6 is 0 Å². The summed E-state index contributed by atoms with van der Waals surface area (Å²) in [4.78, 5) is 16.4. The first kappa shape index (κ1) is 25.5. The second-order valence-corrected chi connectivity index (χ2v) is 8.91. The van der Waals surface area contributed by atoms with Gasteiger partial charge in [-0.3, -0.25) is 10.4 Å². The summed E-state index contributed by atoms with van der Waals surface area (Å²) < 4.78 is 31.0. The van der Waals surface area contributed by atoms with Gasteiger partial charge in [-0.25, -0.2) is 14.2 Å². The van der Waals surface area contributed by atoms with Crippen LogP contribution in [0.25, 0.3) is 0 Å². The van der Waals surface area contributed by atoms with Gasteiger partial charge in [-0.1, -0.05) is 0 Å². The van der Waals surface area contributed by atoms with E-state index >= 15 is 0 Å². The Kier molecular flexibility index (Phi) is 7.91. The van der Waals surface area contributed by atoms with Gasteiger partial charge in [-0.15, -0.1) is 0 Å². The van der Waals surface area contributed by atoms with Crippen LogP contribution in [0.2, 0.25) is 0 Å². The van der Waals surface area contributed by atoms with Crippen molar-refractivity contribution in [1.82, 2.24) is 15.2 Å². The number of carbonyl (C=O) groups excluding carboxylic acids is 1. The number of H-pyrrole nitrogens is 1. The van der Waals surface area contributed by atoms with E-state index in [9.17, 15) is 9.18 Å². The largest absolute Gasteiger partial charge is 0.493 e. The lowest BCUT2D eigenvalue weighted by Gasteiger charge is -2.20. The predicted molar refractivity (Wildman–Crippen MR) is 127 cm³/mol. The number of aryl methyl sites for hydroxylation is 1. The van der Waals surface area contributed by atoms with E-state index < -0.39 is 17.5 Å². The molecule has 1 amide bonds. The number of benzene rings is 1. The Morgan fingerprint density at radius 2 is 1.97 bits per heavy atom. The van der Waals surface area contributed by atoms with Crippen LogP contribution in [0, 0.1) is 31.0 Å². The second kappa shape index (κ2) is 10.9. The zero-order valence-electron chi connectivity index (χ0n) is 20.4. The number of ether oxygens (including phenoxy) is 3. The molecule has 0 saturated carbocycles. The third-order valence-corrected chi connectivity index (χ3v) is 4.84. The summed E-state index contributed by atoms with van der Waals surface area (Å²) >= 11 is 0. The van der Waals surface area contributed by atoms with E-state index in [-0.39, 0.29) is 19.0 Å². The molecular formula is C25H28FN5O4. The van der Waals surface area contributed by atoms with E-state index in [1.54, 1.807) is 33.0 Å². The first-order valence-corrected chi connectivity index (χ1v) is 11.0. The van der Waals surface area contributed by atoms with E-state index in [0.717, 1.165) is 16.8 Å². The SMILES string of the molecule is Cc1cnc(NC(=O)OC(C)(C)C)c(OCc2cc(F)ccc2OCCc2[nH]nc(C#N)c2C)c1. The van der Waals surface area contributed by atoms with E-state index in [0.29, 0.717) is 29.2 Å². The molecule has 0 spiro atoms. The van der Waals surface area contributed by atoms with E-state index in [1.807, 2.05) is 19.9 Å². The average Bonchev–Trinajstić information content (AvgIpc) is 3.13. The quantitative estimate of drug-likeness (QED) is 0.465. The molecule has 0 unspecified atom stereocenters. The fraction of sp³-hybridized carbons (Fsp3) is 0.360. The molecule has 0 aliphatic rings. The van der Waals surface area contributed by atoms with Crippen molar-refractivity contribution in [3.05, 3.63) is 64.4 Å². The minimum absolute atomic E-state index is 0.0249. The highest BCUT2D eigenvalue weighted by Crippen LogP contribution is 2.27. The molecule has 0 saturated heterocycles. The zero-order chi connectivity index (χ0) is 25.6. The molecule has 3 aromatic rings. The van der Waals surface area contributed by atoms with Gasteiger partial charge < -0.3 is 14.2 Å². The molecule has 10 heteroatoms. The van der Waals surface area contributed by atoms with Crippen LogP contribution < -0.4 is 14.8 Å². The first-order valence-electron chi connectivity index (χ1n) is 11.0. The van der Waals surface area contributed by atoms with Crippen LogP contribution in [0.5, 0.6) is 11.5 Å². The summed E-state index contributed by atoms with van der Waals surface area (Å²) in [5.41, 5.74) is 2.54. The number of hydrogen-bond donors (Lipinski definition) is 2. The zero-order valence-corrected chi connectivity index (χ0v) is 20.4. The number of aromatic amines is 1. The Labute approximate surface area is 203 Å². The maximum Gasteiger partial charge on any atom is 0.413 e. The maximum absolute atomic E-state index is 14.0. The summed E-state index contributed by atoms with van der Waals surface area (Å²) in [5.74, 6) is 0.509. The third kappa shape index (κ3) is 7.17. The molecule has 0 aliphatic heterocycles. The number of carbonyl (C=O) groups is 1. The number of anilines is 1. The maximum atomic E-state index is 14.0. The molecule has 0 aliphatic carbocycles. The minimum atomic E-state index is -0.672. The van der Waals surface area contributed by atoms with Crippen molar-refractivity contribution in [2.24, 2.45) is 0 Å². The van der Waals surface area contributed by atoms with Crippen molar-refractivity contribution < 1.29 is 23.4 Å². The molecule has 35 heavy (non-hydrogen) atoms. The molecule has 0 atom stereocenters. The fourth-order valence-electron chi connectivity index (χ4n) is 3.15. The molecule has 184 valence electrons. The number of pyridine rings is 1. The van der Waals surface area contributed by atoms with Gasteiger partial charge in [0.1, 0.15) is 29.8 Å². The van der Waals surface area contributed by atoms with Crippen molar-refractivity contribution >= 4 is 11.9 Å². The number of nitrogens with one attached hydrogen (secondary N) is 2. The van der Waals surface area contributed by atoms with Crippen LogP contribution in [-0.2, 0) is 17.8 Å². The van der Waals surface area contributed by atoms with Crippen LogP contribution in [0.1, 0.15) is 48.8 Å². The highest BCUT2D eigenvalue weighted by Gasteiger charge is 2.19. The van der Waals surface area contributed by atoms with Crippen LogP contribution in [-0.4, -0.2) is 33.5 Å². The smallest absolute Gasteiger partial charge is 0.413 e. The Hall–Kier alpha value is -4.13. The summed E-state index contributed by atoms with van der Waals surface area (Å²) in [6, 6.07) is 7.90. The van der Waals surface area contributed by atoms with Crippen molar-refractivity contribution in [3.8, 4) is 17.6 Å². The van der Waals surface area contributed by atoms with E-state index in [1.165, 1.54) is 18.2 Å². The Bertz CT molecular complexity index is 1240. The molecule has 0 radical (unpaired) electrons. The minimum Gasteiger partial charge on any atom is -0.493 e. The van der Waals surface area contributed by atoms with Crippen LogP contribution in [0.15, 0.2) is 30.5 Å². The lowest BCUT2D eigenvalue weighted by molar-refractivity contribution is 0.0634. The number of nitriles is 1. The average molecular weight is 482 g/mol. The molecule has 2 aromatic heterocycles. The van der Waals surface area contributed by atoms with Gasteiger partial charge in [0.25, 0.3) is 0 Å². The number of hydrogen-bond acceptors (Lipinski definition) is 7. The molecular weight excluding hydrogens is 453 g/mol. The summed E-state index contributed by atoms with van der Waals surface area (Å²) in [7, 11) is 0. The second-order valence-electron chi connectivity index (χ2n) is 8.91. The molecule has 2 N–H and O–H groups in total.